The molecule has 8 nitrogen and oxygen atoms in total. The first-order valence-corrected chi connectivity index (χ1v) is 11.0. The first-order chi connectivity index (χ1) is 13.3. The van der Waals surface area contributed by atoms with Gasteiger partial charge < -0.3 is 19.5 Å². The number of benzene rings is 1. The Bertz CT molecular complexity index is 799. The maximum atomic E-state index is 12.8. The first kappa shape index (κ1) is 21.0. The van der Waals surface area contributed by atoms with Crippen LogP contribution in [0, 0.1) is 6.92 Å². The highest BCUT2D eigenvalue weighted by molar-refractivity contribution is 7.89. The number of aromatic hydroxyl groups is 1. The van der Waals surface area contributed by atoms with Crippen LogP contribution in [0.5, 0.6) is 5.75 Å². The summed E-state index contributed by atoms with van der Waals surface area (Å²) in [4.78, 5) is 14.1. The SMILES string of the molecule is Cc1ccc(O)c(S(=O)(=O)N2CCN(C(=O)C(C)OCC3CCCO3)CC2)c1. The number of phenolic OH excluding ortho intramolecular Hbond substituents is 1. The second-order valence-corrected chi connectivity index (χ2v) is 9.22. The molecule has 2 atom stereocenters. The standard InChI is InChI=1S/C19H28N2O6S/c1-14-5-6-17(22)18(12-14)28(24,25)21-9-7-20(8-10-21)19(23)15(2)27-13-16-4-3-11-26-16/h5-6,12,15-16,22H,3-4,7-11,13H2,1-2H3. The molecule has 2 fully saturated rings. The molecule has 28 heavy (non-hydrogen) atoms. The summed E-state index contributed by atoms with van der Waals surface area (Å²) < 4.78 is 38.1. The van der Waals surface area contributed by atoms with Crippen molar-refractivity contribution in [3.63, 3.8) is 0 Å². The molecule has 0 radical (unpaired) electrons. The Balaban J connectivity index is 1.55. The Morgan fingerprint density at radius 2 is 2.04 bits per heavy atom. The minimum Gasteiger partial charge on any atom is -0.507 e. The van der Waals surface area contributed by atoms with Gasteiger partial charge in [0.05, 0.1) is 12.7 Å². The van der Waals surface area contributed by atoms with Gasteiger partial charge in [-0.05, 0) is 44.4 Å². The number of nitrogens with zero attached hydrogens (tertiary/aromatic N) is 2. The van der Waals surface area contributed by atoms with E-state index in [9.17, 15) is 18.3 Å². The Kier molecular flexibility index (Phi) is 6.59. The predicted octanol–water partition coefficient (Wildman–Crippen LogP) is 1.12. The van der Waals surface area contributed by atoms with Gasteiger partial charge >= 0.3 is 0 Å². The van der Waals surface area contributed by atoms with E-state index in [2.05, 4.69) is 0 Å². The van der Waals surface area contributed by atoms with Crippen LogP contribution in [0.2, 0.25) is 0 Å². The van der Waals surface area contributed by atoms with E-state index in [0.29, 0.717) is 6.61 Å². The summed E-state index contributed by atoms with van der Waals surface area (Å²) in [5.41, 5.74) is 0.752. The fourth-order valence-electron chi connectivity index (χ4n) is 3.47. The van der Waals surface area contributed by atoms with Crippen molar-refractivity contribution >= 4 is 15.9 Å². The monoisotopic (exact) mass is 412 g/mol. The van der Waals surface area contributed by atoms with Crippen molar-refractivity contribution in [2.45, 2.75) is 43.8 Å². The number of ether oxygens (including phenoxy) is 2. The van der Waals surface area contributed by atoms with Gasteiger partial charge in [0, 0.05) is 32.8 Å². The lowest BCUT2D eigenvalue weighted by Gasteiger charge is -2.35. The average molecular weight is 413 g/mol. The molecular weight excluding hydrogens is 384 g/mol. The van der Waals surface area contributed by atoms with E-state index in [1.54, 1.807) is 24.8 Å². The normalized spacial score (nSPS) is 22.4. The van der Waals surface area contributed by atoms with Crippen LogP contribution in [0.4, 0.5) is 0 Å². The number of carbonyl (C=O) groups excluding carboxylic acids is 1. The quantitative estimate of drug-likeness (QED) is 0.752. The van der Waals surface area contributed by atoms with E-state index in [1.807, 2.05) is 0 Å². The Morgan fingerprint density at radius 1 is 1.32 bits per heavy atom. The van der Waals surface area contributed by atoms with E-state index >= 15 is 0 Å². The molecule has 2 saturated heterocycles. The fourth-order valence-corrected chi connectivity index (χ4v) is 5.06. The molecule has 2 aliphatic rings. The summed E-state index contributed by atoms with van der Waals surface area (Å²) in [5.74, 6) is -0.409. The molecule has 0 spiro atoms. The van der Waals surface area contributed by atoms with Crippen molar-refractivity contribution < 1.29 is 27.8 Å². The molecule has 0 aromatic heterocycles. The average Bonchev–Trinajstić information content (AvgIpc) is 3.21. The molecule has 1 N–H and O–H groups in total. The molecule has 1 amide bonds. The van der Waals surface area contributed by atoms with Crippen molar-refractivity contribution in [3.05, 3.63) is 23.8 Å². The van der Waals surface area contributed by atoms with Crippen molar-refractivity contribution in [3.8, 4) is 5.75 Å². The summed E-state index contributed by atoms with van der Waals surface area (Å²) in [6.07, 6.45) is 1.43. The summed E-state index contributed by atoms with van der Waals surface area (Å²) in [6.45, 7) is 5.56. The minimum atomic E-state index is -3.81. The third-order valence-electron chi connectivity index (χ3n) is 5.19. The van der Waals surface area contributed by atoms with Crippen LogP contribution in [0.25, 0.3) is 0 Å². The number of amides is 1. The van der Waals surface area contributed by atoms with Gasteiger partial charge in [0.25, 0.3) is 5.91 Å². The lowest BCUT2D eigenvalue weighted by atomic mass is 10.2. The Morgan fingerprint density at radius 3 is 2.68 bits per heavy atom. The van der Waals surface area contributed by atoms with Crippen LogP contribution in [0.1, 0.15) is 25.3 Å². The summed E-state index contributed by atoms with van der Waals surface area (Å²) in [5, 5.41) is 9.97. The van der Waals surface area contributed by atoms with Gasteiger partial charge in [-0.25, -0.2) is 8.42 Å². The third kappa shape index (κ3) is 4.65. The zero-order valence-corrected chi connectivity index (χ0v) is 17.2. The maximum absolute atomic E-state index is 12.8. The van der Waals surface area contributed by atoms with E-state index in [-0.39, 0.29) is 48.8 Å². The fraction of sp³-hybridized carbons (Fsp3) is 0.632. The Hall–Kier alpha value is -1.68. The molecule has 2 heterocycles. The van der Waals surface area contributed by atoms with Crippen LogP contribution >= 0.6 is 0 Å². The molecule has 156 valence electrons. The van der Waals surface area contributed by atoms with Crippen molar-refractivity contribution in [2.24, 2.45) is 0 Å². The summed E-state index contributed by atoms with van der Waals surface area (Å²) in [6, 6.07) is 4.50. The third-order valence-corrected chi connectivity index (χ3v) is 7.12. The van der Waals surface area contributed by atoms with Gasteiger partial charge in [-0.15, -0.1) is 0 Å². The van der Waals surface area contributed by atoms with Crippen molar-refractivity contribution in [1.29, 1.82) is 0 Å². The zero-order chi connectivity index (χ0) is 20.3. The lowest BCUT2D eigenvalue weighted by molar-refractivity contribution is -0.145. The van der Waals surface area contributed by atoms with Crippen LogP contribution in [-0.4, -0.2) is 80.2 Å². The van der Waals surface area contributed by atoms with Gasteiger partial charge in [0.15, 0.2) is 0 Å². The van der Waals surface area contributed by atoms with Gasteiger partial charge in [0.2, 0.25) is 10.0 Å². The number of carbonyl (C=O) groups is 1. The van der Waals surface area contributed by atoms with E-state index in [4.69, 9.17) is 9.47 Å². The molecule has 1 aromatic carbocycles. The number of hydrogen-bond donors (Lipinski definition) is 1. The molecule has 1 aromatic rings. The molecule has 0 bridgehead atoms. The lowest BCUT2D eigenvalue weighted by Crippen LogP contribution is -2.52. The topological polar surface area (TPSA) is 96.4 Å². The molecule has 9 heteroatoms. The van der Waals surface area contributed by atoms with E-state index in [1.165, 1.54) is 16.4 Å². The highest BCUT2D eigenvalue weighted by Gasteiger charge is 2.33. The molecule has 2 aliphatic heterocycles. The predicted molar refractivity (Wildman–Crippen MR) is 103 cm³/mol. The number of hydrogen-bond acceptors (Lipinski definition) is 6. The minimum absolute atomic E-state index is 0.0549. The first-order valence-electron chi connectivity index (χ1n) is 9.61. The Labute approximate surface area is 166 Å². The van der Waals surface area contributed by atoms with E-state index < -0.39 is 16.1 Å². The van der Waals surface area contributed by atoms with Crippen LogP contribution < -0.4 is 0 Å². The molecular formula is C19H28N2O6S. The number of piperazine rings is 1. The number of phenols is 1. The van der Waals surface area contributed by atoms with E-state index in [0.717, 1.165) is 25.0 Å². The number of sulfonamides is 1. The smallest absolute Gasteiger partial charge is 0.251 e. The summed E-state index contributed by atoms with van der Waals surface area (Å²) >= 11 is 0. The largest absolute Gasteiger partial charge is 0.507 e. The summed E-state index contributed by atoms with van der Waals surface area (Å²) in [7, 11) is -3.81. The highest BCUT2D eigenvalue weighted by Crippen LogP contribution is 2.27. The zero-order valence-electron chi connectivity index (χ0n) is 16.3. The highest BCUT2D eigenvalue weighted by atomic mass is 32.2. The maximum Gasteiger partial charge on any atom is 0.251 e. The van der Waals surface area contributed by atoms with Gasteiger partial charge in [-0.2, -0.15) is 4.31 Å². The van der Waals surface area contributed by atoms with Gasteiger partial charge in [-0.1, -0.05) is 6.07 Å². The molecule has 3 rings (SSSR count). The molecule has 0 saturated carbocycles. The van der Waals surface area contributed by atoms with Gasteiger partial charge in [-0.3, -0.25) is 4.79 Å². The van der Waals surface area contributed by atoms with Crippen LogP contribution in [0.3, 0.4) is 0 Å². The molecule has 0 aliphatic carbocycles. The second kappa shape index (κ2) is 8.77. The van der Waals surface area contributed by atoms with Gasteiger partial charge in [0.1, 0.15) is 16.7 Å². The van der Waals surface area contributed by atoms with Crippen molar-refractivity contribution in [1.82, 2.24) is 9.21 Å². The number of aryl methyl sites for hydroxylation is 1. The van der Waals surface area contributed by atoms with Crippen LogP contribution in [0.15, 0.2) is 23.1 Å². The number of rotatable bonds is 6. The van der Waals surface area contributed by atoms with Crippen LogP contribution in [-0.2, 0) is 24.3 Å². The second-order valence-electron chi connectivity index (χ2n) is 7.31. The van der Waals surface area contributed by atoms with Crippen molar-refractivity contribution in [2.75, 3.05) is 39.4 Å². The molecule has 2 unspecified atom stereocenters.